The summed E-state index contributed by atoms with van der Waals surface area (Å²) in [6.07, 6.45) is 0. The Kier molecular flexibility index (Phi) is 3.77. The maximum atomic E-state index is 9.02. The predicted molar refractivity (Wildman–Crippen MR) is 69.3 cm³/mol. The van der Waals surface area contributed by atoms with Gasteiger partial charge in [0.25, 0.3) is 0 Å². The Balaban J connectivity index is 2.12. The number of benzene rings is 1. The molecule has 18 heavy (non-hydrogen) atoms. The molecule has 2 rings (SSSR count). The normalized spacial score (nSPS) is 9.56. The van der Waals surface area contributed by atoms with E-state index in [4.69, 9.17) is 10.00 Å². The molecule has 0 spiro atoms. The Bertz CT molecular complexity index is 561. The predicted octanol–water partition coefficient (Wildman–Crippen LogP) is 2.57. The number of nitriles is 1. The highest BCUT2D eigenvalue weighted by molar-refractivity contribution is 5.46. The Morgan fingerprint density at radius 1 is 1.22 bits per heavy atom. The molecule has 90 valence electrons. The highest BCUT2D eigenvalue weighted by Crippen LogP contribution is 2.19. The molecule has 1 aromatic heterocycles. The molecule has 0 unspecified atom stereocenters. The van der Waals surface area contributed by atoms with Crippen LogP contribution in [0.3, 0.4) is 0 Å². The third-order valence-electron chi connectivity index (χ3n) is 2.46. The number of aromatic nitrogens is 1. The number of hydrogen-bond donors (Lipinski definition) is 1. The summed E-state index contributed by atoms with van der Waals surface area (Å²) in [5.41, 5.74) is 1.34. The first-order chi connectivity index (χ1) is 8.83. The fourth-order valence-electron chi connectivity index (χ4n) is 1.52. The van der Waals surface area contributed by atoms with Gasteiger partial charge in [-0.3, -0.25) is 0 Å². The summed E-state index contributed by atoms with van der Waals surface area (Å²) in [5.74, 6) is 1.15. The summed E-state index contributed by atoms with van der Waals surface area (Å²) in [6, 6.07) is 15.4. The Labute approximate surface area is 106 Å². The lowest BCUT2D eigenvalue weighted by atomic mass is 10.2. The maximum absolute atomic E-state index is 9.02. The second-order valence-electron chi connectivity index (χ2n) is 3.68. The smallest absolute Gasteiger partial charge is 0.184 e. The van der Waals surface area contributed by atoms with Crippen molar-refractivity contribution in [3.8, 4) is 11.8 Å². The number of pyridine rings is 1. The SMILES string of the molecule is CNc1ccc(OCc2ccccc2)c(C#N)n1. The monoisotopic (exact) mass is 239 g/mol. The molecule has 0 fully saturated rings. The molecule has 4 heteroatoms. The summed E-state index contributed by atoms with van der Waals surface area (Å²) < 4.78 is 5.60. The van der Waals surface area contributed by atoms with Crippen LogP contribution in [0.1, 0.15) is 11.3 Å². The lowest BCUT2D eigenvalue weighted by Gasteiger charge is -2.08. The van der Waals surface area contributed by atoms with Crippen molar-refractivity contribution in [2.24, 2.45) is 0 Å². The van der Waals surface area contributed by atoms with E-state index in [1.807, 2.05) is 36.4 Å². The quantitative estimate of drug-likeness (QED) is 0.890. The summed E-state index contributed by atoms with van der Waals surface area (Å²) in [4.78, 5) is 4.12. The van der Waals surface area contributed by atoms with Crippen LogP contribution in [0.5, 0.6) is 5.75 Å². The molecule has 0 aliphatic heterocycles. The fourth-order valence-corrected chi connectivity index (χ4v) is 1.52. The van der Waals surface area contributed by atoms with E-state index in [1.165, 1.54) is 0 Å². The minimum absolute atomic E-state index is 0.290. The Morgan fingerprint density at radius 3 is 2.67 bits per heavy atom. The topological polar surface area (TPSA) is 57.9 Å². The molecule has 0 bridgehead atoms. The molecule has 1 aromatic carbocycles. The maximum Gasteiger partial charge on any atom is 0.184 e. The number of anilines is 1. The average molecular weight is 239 g/mol. The van der Waals surface area contributed by atoms with Crippen LogP contribution in [0.15, 0.2) is 42.5 Å². The van der Waals surface area contributed by atoms with E-state index in [1.54, 1.807) is 19.2 Å². The fraction of sp³-hybridized carbons (Fsp3) is 0.143. The molecule has 0 radical (unpaired) electrons. The van der Waals surface area contributed by atoms with Crippen LogP contribution in [0.4, 0.5) is 5.82 Å². The van der Waals surface area contributed by atoms with E-state index in [0.29, 0.717) is 18.2 Å². The van der Waals surface area contributed by atoms with Gasteiger partial charge in [0.15, 0.2) is 11.4 Å². The van der Waals surface area contributed by atoms with Crippen LogP contribution in [0.25, 0.3) is 0 Å². The van der Waals surface area contributed by atoms with Gasteiger partial charge in [-0.25, -0.2) is 4.98 Å². The van der Waals surface area contributed by atoms with Crippen molar-refractivity contribution >= 4 is 5.82 Å². The molecular formula is C14H13N3O. The van der Waals surface area contributed by atoms with Crippen molar-refractivity contribution in [3.63, 3.8) is 0 Å². The van der Waals surface area contributed by atoms with Crippen molar-refractivity contribution in [1.29, 1.82) is 5.26 Å². The second-order valence-corrected chi connectivity index (χ2v) is 3.68. The second kappa shape index (κ2) is 5.69. The van der Waals surface area contributed by atoms with Crippen LogP contribution in [-0.4, -0.2) is 12.0 Å². The van der Waals surface area contributed by atoms with Crippen LogP contribution in [0, 0.1) is 11.3 Å². The first-order valence-corrected chi connectivity index (χ1v) is 5.59. The molecule has 0 aliphatic carbocycles. The summed E-state index contributed by atoms with van der Waals surface area (Å²) in [5, 5.41) is 11.9. The van der Waals surface area contributed by atoms with Gasteiger partial charge in [0.2, 0.25) is 0 Å². The van der Waals surface area contributed by atoms with Crippen LogP contribution < -0.4 is 10.1 Å². The van der Waals surface area contributed by atoms with E-state index < -0.39 is 0 Å². The highest BCUT2D eigenvalue weighted by atomic mass is 16.5. The Hall–Kier alpha value is -2.54. The van der Waals surface area contributed by atoms with Crippen molar-refractivity contribution in [3.05, 3.63) is 53.7 Å². The lowest BCUT2D eigenvalue weighted by Crippen LogP contribution is -2.00. The van der Waals surface area contributed by atoms with E-state index in [2.05, 4.69) is 10.3 Å². The molecule has 2 aromatic rings. The zero-order valence-electron chi connectivity index (χ0n) is 10.1. The lowest BCUT2D eigenvalue weighted by molar-refractivity contribution is 0.304. The van der Waals surface area contributed by atoms with Gasteiger partial charge >= 0.3 is 0 Å². The van der Waals surface area contributed by atoms with Gasteiger partial charge in [-0.15, -0.1) is 0 Å². The number of nitrogens with one attached hydrogen (secondary N) is 1. The third kappa shape index (κ3) is 2.77. The number of nitrogens with zero attached hydrogens (tertiary/aromatic N) is 2. The molecule has 0 amide bonds. The largest absolute Gasteiger partial charge is 0.486 e. The van der Waals surface area contributed by atoms with E-state index in [0.717, 1.165) is 5.56 Å². The summed E-state index contributed by atoms with van der Waals surface area (Å²) >= 11 is 0. The molecule has 1 N–H and O–H groups in total. The van der Waals surface area contributed by atoms with Gasteiger partial charge in [0.1, 0.15) is 18.5 Å². The molecular weight excluding hydrogens is 226 g/mol. The van der Waals surface area contributed by atoms with Gasteiger partial charge in [-0.1, -0.05) is 30.3 Å². The van der Waals surface area contributed by atoms with E-state index >= 15 is 0 Å². The van der Waals surface area contributed by atoms with Crippen molar-refractivity contribution < 1.29 is 4.74 Å². The molecule has 0 aliphatic rings. The number of hydrogen-bond acceptors (Lipinski definition) is 4. The standard InChI is InChI=1S/C14H13N3O/c1-16-14-8-7-13(12(9-15)17-14)18-10-11-5-3-2-4-6-11/h2-8H,10H2,1H3,(H,16,17). The molecule has 0 atom stereocenters. The van der Waals surface area contributed by atoms with Crippen LogP contribution in [-0.2, 0) is 6.61 Å². The minimum atomic E-state index is 0.290. The van der Waals surface area contributed by atoms with E-state index in [9.17, 15) is 0 Å². The van der Waals surface area contributed by atoms with Crippen molar-refractivity contribution in [1.82, 2.24) is 4.98 Å². The molecule has 1 heterocycles. The van der Waals surface area contributed by atoms with Gasteiger partial charge in [-0.05, 0) is 17.7 Å². The summed E-state index contributed by atoms with van der Waals surface area (Å²) in [7, 11) is 1.76. The van der Waals surface area contributed by atoms with Gasteiger partial charge in [0.05, 0.1) is 0 Å². The van der Waals surface area contributed by atoms with Crippen molar-refractivity contribution in [2.45, 2.75) is 6.61 Å². The number of rotatable bonds is 4. The van der Waals surface area contributed by atoms with Gasteiger partial charge in [0, 0.05) is 7.05 Å². The van der Waals surface area contributed by atoms with Crippen LogP contribution in [0.2, 0.25) is 0 Å². The highest BCUT2D eigenvalue weighted by Gasteiger charge is 2.06. The zero-order chi connectivity index (χ0) is 12.8. The Morgan fingerprint density at radius 2 is 2.00 bits per heavy atom. The third-order valence-corrected chi connectivity index (χ3v) is 2.46. The van der Waals surface area contributed by atoms with Crippen molar-refractivity contribution in [2.75, 3.05) is 12.4 Å². The van der Waals surface area contributed by atoms with Gasteiger partial charge in [-0.2, -0.15) is 5.26 Å². The first kappa shape index (κ1) is 11.9. The molecule has 4 nitrogen and oxygen atoms in total. The average Bonchev–Trinajstić information content (AvgIpc) is 2.46. The van der Waals surface area contributed by atoms with Gasteiger partial charge < -0.3 is 10.1 Å². The zero-order valence-corrected chi connectivity index (χ0v) is 10.1. The number of ether oxygens (including phenoxy) is 1. The van der Waals surface area contributed by atoms with Crippen LogP contribution >= 0.6 is 0 Å². The minimum Gasteiger partial charge on any atom is -0.486 e. The molecule has 0 saturated carbocycles. The summed E-state index contributed by atoms with van der Waals surface area (Å²) in [6.45, 7) is 0.427. The first-order valence-electron chi connectivity index (χ1n) is 5.59. The van der Waals surface area contributed by atoms with E-state index in [-0.39, 0.29) is 5.69 Å². The molecule has 0 saturated heterocycles.